The Morgan fingerprint density at radius 1 is 1.14 bits per heavy atom. The molecule has 1 aliphatic rings. The van der Waals surface area contributed by atoms with Crippen LogP contribution < -0.4 is 0 Å². The third-order valence-electron chi connectivity index (χ3n) is 4.51. The van der Waals surface area contributed by atoms with Crippen molar-refractivity contribution in [1.82, 2.24) is 0 Å². The van der Waals surface area contributed by atoms with Crippen molar-refractivity contribution in [2.45, 2.75) is 90.6 Å². The number of hydrogen-bond acceptors (Lipinski definition) is 3. The lowest BCUT2D eigenvalue weighted by Gasteiger charge is -2.21. The molecule has 1 fully saturated rings. The summed E-state index contributed by atoms with van der Waals surface area (Å²) in [6.07, 6.45) is 10.7. The van der Waals surface area contributed by atoms with Gasteiger partial charge in [0.15, 0.2) is 0 Å². The number of hydrogen-bond donors (Lipinski definition) is 1. The van der Waals surface area contributed by atoms with E-state index in [0.717, 1.165) is 31.6 Å². The molecule has 0 spiro atoms. The normalized spacial score (nSPS) is 17.0. The minimum Gasteiger partial charge on any atom is -0.481 e. The summed E-state index contributed by atoms with van der Waals surface area (Å²) >= 11 is 0. The molecular formula is C18H32O4. The molecule has 4 heteroatoms. The molecule has 4 nitrogen and oxygen atoms in total. The van der Waals surface area contributed by atoms with E-state index in [-0.39, 0.29) is 5.97 Å². The van der Waals surface area contributed by atoms with Gasteiger partial charge in [0, 0.05) is 6.42 Å². The molecule has 0 aliphatic heterocycles. The number of aliphatic carboxylic acids is 1. The van der Waals surface area contributed by atoms with Crippen molar-refractivity contribution in [2.75, 3.05) is 0 Å². The van der Waals surface area contributed by atoms with Crippen molar-refractivity contribution in [3.8, 4) is 0 Å². The number of rotatable bonds is 13. The molecule has 1 rings (SSSR count). The lowest BCUT2D eigenvalue weighted by atomic mass is 9.98. The van der Waals surface area contributed by atoms with Crippen LogP contribution in [0.5, 0.6) is 0 Å². The van der Waals surface area contributed by atoms with Crippen LogP contribution in [0, 0.1) is 11.8 Å². The fraction of sp³-hybridized carbons (Fsp3) is 0.889. The largest absolute Gasteiger partial charge is 0.481 e. The molecule has 0 heterocycles. The Bertz CT molecular complexity index is 336. The predicted molar refractivity (Wildman–Crippen MR) is 86.6 cm³/mol. The standard InChI is InChI=1S/C18H32O4/c1-3-4-5-6-7-10-16(14(2)18(20)21)22-17(19)11-8-9-15-12-13-15/h14-16H,3-13H2,1-2H3,(H,20,21). The molecule has 1 aliphatic carbocycles. The molecule has 1 N–H and O–H groups in total. The quantitative estimate of drug-likeness (QED) is 0.400. The van der Waals surface area contributed by atoms with E-state index in [1.807, 2.05) is 0 Å². The first-order valence-electron chi connectivity index (χ1n) is 8.96. The second-order valence-electron chi connectivity index (χ2n) is 6.69. The molecule has 0 aromatic heterocycles. The van der Waals surface area contributed by atoms with Gasteiger partial charge in [0.25, 0.3) is 0 Å². The molecule has 0 bridgehead atoms. The third-order valence-corrected chi connectivity index (χ3v) is 4.51. The molecule has 0 radical (unpaired) electrons. The number of ether oxygens (including phenoxy) is 1. The van der Waals surface area contributed by atoms with E-state index in [0.29, 0.717) is 12.8 Å². The summed E-state index contributed by atoms with van der Waals surface area (Å²) in [5.74, 6) is -0.921. The monoisotopic (exact) mass is 312 g/mol. The molecule has 128 valence electrons. The van der Waals surface area contributed by atoms with Crippen LogP contribution in [-0.4, -0.2) is 23.1 Å². The van der Waals surface area contributed by atoms with E-state index in [1.165, 1.54) is 32.1 Å². The molecule has 0 saturated heterocycles. The Hall–Kier alpha value is -1.06. The molecule has 0 aromatic rings. The lowest BCUT2D eigenvalue weighted by Crippen LogP contribution is -2.30. The van der Waals surface area contributed by atoms with E-state index < -0.39 is 18.0 Å². The summed E-state index contributed by atoms with van der Waals surface area (Å²) in [5, 5.41) is 9.17. The summed E-state index contributed by atoms with van der Waals surface area (Å²) in [7, 11) is 0. The first-order chi connectivity index (χ1) is 10.5. The van der Waals surface area contributed by atoms with Gasteiger partial charge in [0.05, 0.1) is 5.92 Å². The smallest absolute Gasteiger partial charge is 0.309 e. The molecule has 0 amide bonds. The topological polar surface area (TPSA) is 63.6 Å². The van der Waals surface area contributed by atoms with Crippen LogP contribution in [0.4, 0.5) is 0 Å². The van der Waals surface area contributed by atoms with Crippen molar-refractivity contribution < 1.29 is 19.4 Å². The highest BCUT2D eigenvalue weighted by Gasteiger charge is 2.27. The van der Waals surface area contributed by atoms with Crippen molar-refractivity contribution in [3.63, 3.8) is 0 Å². The van der Waals surface area contributed by atoms with Crippen molar-refractivity contribution >= 4 is 11.9 Å². The number of carbonyl (C=O) groups excluding carboxylic acids is 1. The van der Waals surface area contributed by atoms with Crippen molar-refractivity contribution in [1.29, 1.82) is 0 Å². The maximum atomic E-state index is 11.9. The van der Waals surface area contributed by atoms with Crippen LogP contribution in [0.25, 0.3) is 0 Å². The van der Waals surface area contributed by atoms with Crippen LogP contribution in [0.1, 0.15) is 84.5 Å². The van der Waals surface area contributed by atoms with E-state index in [2.05, 4.69) is 6.92 Å². The van der Waals surface area contributed by atoms with Crippen LogP contribution in [0.3, 0.4) is 0 Å². The fourth-order valence-corrected chi connectivity index (χ4v) is 2.69. The lowest BCUT2D eigenvalue weighted by molar-refractivity contribution is -0.158. The summed E-state index contributed by atoms with van der Waals surface area (Å²) in [6, 6.07) is 0. The molecule has 2 atom stereocenters. The van der Waals surface area contributed by atoms with Crippen LogP contribution >= 0.6 is 0 Å². The Morgan fingerprint density at radius 3 is 2.41 bits per heavy atom. The highest BCUT2D eigenvalue weighted by molar-refractivity contribution is 5.72. The fourth-order valence-electron chi connectivity index (χ4n) is 2.69. The summed E-state index contributed by atoms with van der Waals surface area (Å²) in [5.41, 5.74) is 0. The first kappa shape index (κ1) is 19.0. The summed E-state index contributed by atoms with van der Waals surface area (Å²) < 4.78 is 5.46. The highest BCUT2D eigenvalue weighted by atomic mass is 16.5. The average molecular weight is 312 g/mol. The average Bonchev–Trinajstić information content (AvgIpc) is 3.29. The molecule has 22 heavy (non-hydrogen) atoms. The first-order valence-corrected chi connectivity index (χ1v) is 8.96. The number of carbonyl (C=O) groups is 2. The van der Waals surface area contributed by atoms with Gasteiger partial charge < -0.3 is 9.84 Å². The van der Waals surface area contributed by atoms with E-state index >= 15 is 0 Å². The number of unbranched alkanes of at least 4 members (excludes halogenated alkanes) is 4. The minimum absolute atomic E-state index is 0.229. The summed E-state index contributed by atoms with van der Waals surface area (Å²) in [4.78, 5) is 23.1. The van der Waals surface area contributed by atoms with Crippen LogP contribution in [0.15, 0.2) is 0 Å². The van der Waals surface area contributed by atoms with Gasteiger partial charge in [-0.1, -0.05) is 45.4 Å². The highest BCUT2D eigenvalue weighted by Crippen LogP contribution is 2.33. The van der Waals surface area contributed by atoms with Gasteiger partial charge in [-0.3, -0.25) is 9.59 Å². The van der Waals surface area contributed by atoms with Gasteiger partial charge in [0.2, 0.25) is 0 Å². The number of esters is 1. The van der Waals surface area contributed by atoms with E-state index in [9.17, 15) is 14.7 Å². The van der Waals surface area contributed by atoms with Crippen molar-refractivity contribution in [3.05, 3.63) is 0 Å². The van der Waals surface area contributed by atoms with Crippen LogP contribution in [-0.2, 0) is 14.3 Å². The van der Waals surface area contributed by atoms with E-state index in [1.54, 1.807) is 6.92 Å². The molecule has 1 saturated carbocycles. The Kier molecular flexibility index (Phi) is 9.17. The zero-order chi connectivity index (χ0) is 16.4. The van der Waals surface area contributed by atoms with Gasteiger partial charge in [-0.05, 0) is 38.5 Å². The van der Waals surface area contributed by atoms with Gasteiger partial charge in [-0.25, -0.2) is 0 Å². The maximum Gasteiger partial charge on any atom is 0.309 e. The van der Waals surface area contributed by atoms with Crippen LogP contribution in [0.2, 0.25) is 0 Å². The van der Waals surface area contributed by atoms with Crippen molar-refractivity contribution in [2.24, 2.45) is 11.8 Å². The number of carboxylic acids is 1. The second-order valence-corrected chi connectivity index (χ2v) is 6.69. The zero-order valence-electron chi connectivity index (χ0n) is 14.2. The zero-order valence-corrected chi connectivity index (χ0v) is 14.2. The Morgan fingerprint density at radius 2 is 1.82 bits per heavy atom. The Balaban J connectivity index is 2.28. The molecular weight excluding hydrogens is 280 g/mol. The molecule has 0 aromatic carbocycles. The van der Waals surface area contributed by atoms with Gasteiger partial charge in [0.1, 0.15) is 6.10 Å². The third kappa shape index (κ3) is 8.40. The maximum absolute atomic E-state index is 11.9. The predicted octanol–water partition coefficient (Wildman–Crippen LogP) is 4.56. The van der Waals surface area contributed by atoms with Gasteiger partial charge >= 0.3 is 11.9 Å². The minimum atomic E-state index is -0.885. The summed E-state index contributed by atoms with van der Waals surface area (Å²) in [6.45, 7) is 3.80. The second kappa shape index (κ2) is 10.6. The Labute approximate surface area is 134 Å². The van der Waals surface area contributed by atoms with E-state index in [4.69, 9.17) is 4.74 Å². The van der Waals surface area contributed by atoms with Gasteiger partial charge in [-0.2, -0.15) is 0 Å². The number of carboxylic acid groups (broad SMARTS) is 1. The molecule has 2 unspecified atom stereocenters. The van der Waals surface area contributed by atoms with Gasteiger partial charge in [-0.15, -0.1) is 0 Å². The SMILES string of the molecule is CCCCCCCC(OC(=O)CCCC1CC1)C(C)C(=O)O.